The number of thiophene rings is 2. The van der Waals surface area contributed by atoms with Crippen LogP contribution in [0, 0.1) is 11.8 Å². The van der Waals surface area contributed by atoms with Crippen LogP contribution in [0.3, 0.4) is 0 Å². The van der Waals surface area contributed by atoms with Crippen LogP contribution in [0.15, 0.2) is 119 Å². The molecule has 0 bridgehead atoms. The van der Waals surface area contributed by atoms with Gasteiger partial charge in [-0.1, -0.05) is 79.7 Å². The lowest BCUT2D eigenvalue weighted by Gasteiger charge is -2.21. The molecule has 4 atom stereocenters. The first-order valence-corrected chi connectivity index (χ1v) is 17.1. The third kappa shape index (κ3) is 5.35. The Balaban J connectivity index is 0.000000140. The van der Waals surface area contributed by atoms with Gasteiger partial charge in [-0.05, 0) is 82.9 Å². The minimum atomic E-state index is -0.160. The van der Waals surface area contributed by atoms with Crippen molar-refractivity contribution in [2.24, 2.45) is 11.8 Å². The monoisotopic (exact) mass is 603 g/mol. The fraction of sp³-hybridized carbons (Fsp3) is 0.263. The van der Waals surface area contributed by atoms with E-state index in [0.29, 0.717) is 11.8 Å². The first-order valence-electron chi connectivity index (χ1n) is 15.2. The average molecular weight is 604 g/mol. The van der Waals surface area contributed by atoms with Gasteiger partial charge in [0.05, 0.1) is 0 Å². The zero-order valence-corrected chi connectivity index (χ0v) is 26.3. The van der Waals surface area contributed by atoms with E-state index in [9.17, 15) is 0 Å². The molecule has 5 heteroatoms. The van der Waals surface area contributed by atoms with E-state index in [1.807, 2.05) is 7.05 Å². The van der Waals surface area contributed by atoms with Gasteiger partial charge in [-0.3, -0.25) is 0 Å². The third-order valence-corrected chi connectivity index (χ3v) is 10.5. The molecule has 2 aromatic heterocycles. The van der Waals surface area contributed by atoms with Crippen molar-refractivity contribution < 1.29 is 9.47 Å². The normalized spacial score (nSPS) is 23.9. The standard InChI is InChI=1S/C19H19NOS.C19H18OS/c1-20-12-16-11-19(16,15-9-10-22-13-15)21-18-8-4-6-14-5-2-3-7-17(14)18;1-2-15-12-19(15,16-10-11-21-13-16)20-18-9-5-7-14-6-3-4-8-17(14)18/h2-10,13,16,20H,11-12H2,1H3;3-11,13,15H,2,12H2,1H3/t16-,19+;15-,19-/m00/s1. The Hall–Kier alpha value is -3.64. The lowest BCUT2D eigenvalue weighted by molar-refractivity contribution is 0.162. The number of rotatable bonds is 9. The largest absolute Gasteiger partial charge is 0.482 e. The van der Waals surface area contributed by atoms with E-state index >= 15 is 0 Å². The van der Waals surface area contributed by atoms with Gasteiger partial charge < -0.3 is 14.8 Å². The van der Waals surface area contributed by atoms with Crippen LogP contribution in [0.5, 0.6) is 11.5 Å². The topological polar surface area (TPSA) is 30.5 Å². The van der Waals surface area contributed by atoms with Gasteiger partial charge in [0.1, 0.15) is 22.7 Å². The fourth-order valence-corrected chi connectivity index (χ4v) is 8.08. The summed E-state index contributed by atoms with van der Waals surface area (Å²) in [6.07, 6.45) is 3.37. The van der Waals surface area contributed by atoms with Crippen LogP contribution in [0.2, 0.25) is 0 Å². The minimum absolute atomic E-state index is 0.0983. The summed E-state index contributed by atoms with van der Waals surface area (Å²) >= 11 is 3.49. The van der Waals surface area contributed by atoms with Gasteiger partial charge >= 0.3 is 0 Å². The number of hydrogen-bond acceptors (Lipinski definition) is 5. The Labute approximate surface area is 262 Å². The predicted molar refractivity (Wildman–Crippen MR) is 182 cm³/mol. The van der Waals surface area contributed by atoms with Gasteiger partial charge in [-0.15, -0.1) is 0 Å². The Bertz CT molecular complexity index is 1800. The second-order valence-electron chi connectivity index (χ2n) is 11.7. The van der Waals surface area contributed by atoms with Gasteiger partial charge in [0.25, 0.3) is 0 Å². The summed E-state index contributed by atoms with van der Waals surface area (Å²) < 4.78 is 13.2. The highest BCUT2D eigenvalue weighted by Gasteiger charge is 2.58. The van der Waals surface area contributed by atoms with Crippen molar-refractivity contribution in [3.05, 3.63) is 130 Å². The van der Waals surface area contributed by atoms with Crippen molar-refractivity contribution in [2.75, 3.05) is 13.6 Å². The van der Waals surface area contributed by atoms with Crippen molar-refractivity contribution >= 4 is 44.2 Å². The number of benzene rings is 4. The molecule has 0 radical (unpaired) electrons. The van der Waals surface area contributed by atoms with E-state index in [2.05, 4.69) is 131 Å². The summed E-state index contributed by atoms with van der Waals surface area (Å²) in [6, 6.07) is 33.9. The number of fused-ring (bicyclic) bond motifs is 2. The zero-order chi connectivity index (χ0) is 29.3. The first-order chi connectivity index (χ1) is 21.2. The van der Waals surface area contributed by atoms with Crippen LogP contribution >= 0.6 is 22.7 Å². The summed E-state index contributed by atoms with van der Waals surface area (Å²) in [6.45, 7) is 3.24. The Morgan fingerprint density at radius 3 is 1.60 bits per heavy atom. The fourth-order valence-electron chi connectivity index (χ4n) is 6.62. The van der Waals surface area contributed by atoms with Gasteiger partial charge in [-0.25, -0.2) is 0 Å². The van der Waals surface area contributed by atoms with Crippen molar-refractivity contribution in [3.63, 3.8) is 0 Å². The minimum Gasteiger partial charge on any atom is -0.482 e. The summed E-state index contributed by atoms with van der Waals surface area (Å²) in [7, 11) is 2.01. The Morgan fingerprint density at radius 1 is 0.651 bits per heavy atom. The molecule has 2 aliphatic carbocycles. The van der Waals surface area contributed by atoms with Crippen molar-refractivity contribution in [1.29, 1.82) is 0 Å². The Morgan fingerprint density at radius 2 is 1.14 bits per heavy atom. The van der Waals surface area contributed by atoms with Crippen LogP contribution in [0.25, 0.3) is 21.5 Å². The molecule has 0 saturated heterocycles. The smallest absolute Gasteiger partial charge is 0.139 e. The summed E-state index contributed by atoms with van der Waals surface area (Å²) in [5.41, 5.74) is 2.39. The molecule has 8 rings (SSSR count). The molecule has 0 amide bonds. The first kappa shape index (κ1) is 28.1. The van der Waals surface area contributed by atoms with Crippen LogP contribution in [0.1, 0.15) is 37.3 Å². The van der Waals surface area contributed by atoms with Gasteiger partial charge in [0.2, 0.25) is 0 Å². The summed E-state index contributed by atoms with van der Waals surface area (Å²) in [4.78, 5) is 0. The molecular formula is C38H37NO2S2. The van der Waals surface area contributed by atoms with Crippen LogP contribution in [-0.2, 0) is 11.2 Å². The van der Waals surface area contributed by atoms with Crippen molar-refractivity contribution in [1.82, 2.24) is 5.32 Å². The molecule has 43 heavy (non-hydrogen) atoms. The average Bonchev–Trinajstić information content (AvgIpc) is 3.65. The van der Waals surface area contributed by atoms with Gasteiger partial charge in [0, 0.05) is 40.3 Å². The summed E-state index contributed by atoms with van der Waals surface area (Å²) in [5.74, 6) is 3.16. The number of hydrogen-bond donors (Lipinski definition) is 1. The molecule has 4 aromatic carbocycles. The quantitative estimate of drug-likeness (QED) is 0.178. The lowest BCUT2D eigenvalue weighted by Crippen LogP contribution is -2.23. The zero-order valence-electron chi connectivity index (χ0n) is 24.7. The second kappa shape index (κ2) is 11.8. The summed E-state index contributed by atoms with van der Waals surface area (Å²) in [5, 5.41) is 16.9. The van der Waals surface area contributed by atoms with E-state index in [-0.39, 0.29) is 11.2 Å². The predicted octanol–water partition coefficient (Wildman–Crippen LogP) is 10.0. The van der Waals surface area contributed by atoms with Gasteiger partial charge in [0.15, 0.2) is 0 Å². The van der Waals surface area contributed by atoms with E-state index in [1.165, 1.54) is 39.1 Å². The lowest BCUT2D eigenvalue weighted by atomic mass is 10.1. The number of ether oxygens (including phenoxy) is 2. The molecule has 2 saturated carbocycles. The molecule has 0 unspecified atom stereocenters. The van der Waals surface area contributed by atoms with Crippen LogP contribution in [0.4, 0.5) is 0 Å². The van der Waals surface area contributed by atoms with E-state index in [1.54, 1.807) is 22.7 Å². The second-order valence-corrected chi connectivity index (χ2v) is 13.3. The van der Waals surface area contributed by atoms with Gasteiger partial charge in [-0.2, -0.15) is 22.7 Å². The Kier molecular flexibility index (Phi) is 7.72. The molecule has 218 valence electrons. The van der Waals surface area contributed by atoms with Crippen molar-refractivity contribution in [3.8, 4) is 11.5 Å². The van der Waals surface area contributed by atoms with E-state index in [4.69, 9.17) is 9.47 Å². The SMILES string of the molecule is CC[C@H]1C[C@@]1(Oc1cccc2ccccc12)c1ccsc1.CNC[C@@H]1C[C@@]1(Oc1cccc2ccccc12)c1ccsc1. The maximum absolute atomic E-state index is 6.60. The highest BCUT2D eigenvalue weighted by molar-refractivity contribution is 7.08. The highest BCUT2D eigenvalue weighted by Crippen LogP contribution is 2.58. The maximum atomic E-state index is 6.60. The number of nitrogens with one attached hydrogen (secondary N) is 1. The van der Waals surface area contributed by atoms with Crippen molar-refractivity contribution in [2.45, 2.75) is 37.4 Å². The van der Waals surface area contributed by atoms with Crippen LogP contribution in [-0.4, -0.2) is 13.6 Å². The third-order valence-electron chi connectivity index (χ3n) is 9.14. The van der Waals surface area contributed by atoms with E-state index < -0.39 is 0 Å². The molecule has 1 N–H and O–H groups in total. The molecule has 2 fully saturated rings. The molecule has 2 heterocycles. The molecule has 6 aromatic rings. The molecular weight excluding hydrogens is 567 g/mol. The van der Waals surface area contributed by atoms with E-state index in [0.717, 1.165) is 30.9 Å². The molecule has 2 aliphatic rings. The highest BCUT2D eigenvalue weighted by atomic mass is 32.1. The molecule has 0 aliphatic heterocycles. The van der Waals surface area contributed by atoms with Crippen LogP contribution < -0.4 is 14.8 Å². The maximum Gasteiger partial charge on any atom is 0.139 e. The molecule has 0 spiro atoms. The molecule has 3 nitrogen and oxygen atoms in total.